The zero-order valence-corrected chi connectivity index (χ0v) is 15.6. The normalized spacial score (nSPS) is 11.7. The molecule has 0 aliphatic carbocycles. The van der Waals surface area contributed by atoms with Crippen molar-refractivity contribution in [2.45, 2.75) is 20.3 Å². The lowest BCUT2D eigenvalue weighted by Gasteiger charge is -2.25. The molecule has 0 spiro atoms. The van der Waals surface area contributed by atoms with Crippen molar-refractivity contribution in [1.82, 2.24) is 9.55 Å². The smallest absolute Gasteiger partial charge is 0.269 e. The van der Waals surface area contributed by atoms with Crippen LogP contribution in [0.4, 0.5) is 0 Å². The molecule has 6 nitrogen and oxygen atoms in total. The molecule has 27 heavy (non-hydrogen) atoms. The number of hydrogen-bond acceptors (Lipinski definition) is 5. The van der Waals surface area contributed by atoms with E-state index in [1.165, 1.54) is 0 Å². The molecule has 2 N–H and O–H groups in total. The number of hydrogen-bond donors (Lipinski definition) is 2. The molecule has 0 atom stereocenters. The fraction of sp³-hybridized carbons (Fsp3) is 0.333. The van der Waals surface area contributed by atoms with Crippen molar-refractivity contribution in [3.05, 3.63) is 64.7 Å². The fourth-order valence-electron chi connectivity index (χ4n) is 2.84. The molecule has 0 amide bonds. The maximum absolute atomic E-state index is 13.3. The van der Waals surface area contributed by atoms with Crippen LogP contribution in [0.2, 0.25) is 0 Å². The van der Waals surface area contributed by atoms with Crippen molar-refractivity contribution in [3.8, 4) is 11.4 Å². The first-order valence-electron chi connectivity index (χ1n) is 8.97. The van der Waals surface area contributed by atoms with E-state index in [1.807, 2.05) is 37.3 Å². The lowest BCUT2D eigenvalue weighted by molar-refractivity contribution is 0.0291. The first-order chi connectivity index (χ1) is 13.0. The van der Waals surface area contributed by atoms with Crippen LogP contribution in [0.1, 0.15) is 19.7 Å². The van der Waals surface area contributed by atoms with E-state index in [0.29, 0.717) is 28.9 Å². The molecule has 2 aromatic carbocycles. The van der Waals surface area contributed by atoms with Gasteiger partial charge in [0, 0.05) is 11.8 Å². The Labute approximate surface area is 157 Å². The van der Waals surface area contributed by atoms with Gasteiger partial charge in [-0.1, -0.05) is 38.1 Å². The van der Waals surface area contributed by atoms with Gasteiger partial charge in [0.15, 0.2) is 0 Å². The predicted molar refractivity (Wildman–Crippen MR) is 104 cm³/mol. The highest BCUT2D eigenvalue weighted by Crippen LogP contribution is 2.25. The van der Waals surface area contributed by atoms with Gasteiger partial charge in [-0.3, -0.25) is 9.36 Å². The Bertz CT molecular complexity index is 979. The minimum Gasteiger partial charge on any atom is -0.492 e. The molecular formula is C21H24N2O4. The number of ether oxygens (including phenoxy) is 1. The van der Waals surface area contributed by atoms with Gasteiger partial charge in [0.1, 0.15) is 17.0 Å². The molecule has 0 aliphatic rings. The van der Waals surface area contributed by atoms with E-state index >= 15 is 0 Å². The predicted octanol–water partition coefficient (Wildman–Crippen LogP) is 2.32. The molecule has 142 valence electrons. The molecule has 0 saturated carbocycles. The van der Waals surface area contributed by atoms with Crippen LogP contribution in [0.5, 0.6) is 5.75 Å². The minimum atomic E-state index is -0.794. The summed E-state index contributed by atoms with van der Waals surface area (Å²) in [6.45, 7) is 3.32. The first-order valence-corrected chi connectivity index (χ1v) is 8.97. The molecule has 0 aliphatic heterocycles. The molecule has 0 fully saturated rings. The second-order valence-electron chi connectivity index (χ2n) is 6.92. The summed E-state index contributed by atoms with van der Waals surface area (Å²) in [6.07, 6.45) is 0.609. The molecular weight excluding hydrogens is 344 g/mol. The summed E-state index contributed by atoms with van der Waals surface area (Å²) in [5.74, 6) is 1.07. The van der Waals surface area contributed by atoms with E-state index in [2.05, 4.69) is 4.98 Å². The maximum atomic E-state index is 13.3. The van der Waals surface area contributed by atoms with Gasteiger partial charge >= 0.3 is 0 Å². The van der Waals surface area contributed by atoms with Crippen molar-refractivity contribution in [2.24, 2.45) is 5.41 Å². The topological polar surface area (TPSA) is 84.6 Å². The van der Waals surface area contributed by atoms with Gasteiger partial charge in [0.2, 0.25) is 0 Å². The van der Waals surface area contributed by atoms with Crippen LogP contribution in [0.25, 0.3) is 16.6 Å². The van der Waals surface area contributed by atoms with Crippen LogP contribution < -0.4 is 10.3 Å². The lowest BCUT2D eigenvalue weighted by atomic mass is 9.94. The number of para-hydroxylation sites is 1. The third kappa shape index (κ3) is 3.72. The third-order valence-electron chi connectivity index (χ3n) is 4.60. The molecule has 3 aromatic rings. The van der Waals surface area contributed by atoms with Crippen molar-refractivity contribution in [3.63, 3.8) is 0 Å². The van der Waals surface area contributed by atoms with Crippen LogP contribution in [0, 0.1) is 5.41 Å². The summed E-state index contributed by atoms with van der Waals surface area (Å²) < 4.78 is 7.44. The Kier molecular flexibility index (Phi) is 5.58. The quantitative estimate of drug-likeness (QED) is 0.669. The van der Waals surface area contributed by atoms with Gasteiger partial charge in [0.05, 0.1) is 31.0 Å². The number of aryl methyl sites for hydroxylation is 1. The average molecular weight is 368 g/mol. The molecule has 0 bridgehead atoms. The number of aliphatic hydroxyl groups is 2. The monoisotopic (exact) mass is 368 g/mol. The summed E-state index contributed by atoms with van der Waals surface area (Å²) in [4.78, 5) is 18.0. The molecule has 6 heteroatoms. The molecule has 0 saturated heterocycles. The summed E-state index contributed by atoms with van der Waals surface area (Å²) in [5.41, 5.74) is 0.320. The van der Waals surface area contributed by atoms with E-state index in [4.69, 9.17) is 4.74 Å². The number of benzene rings is 2. The van der Waals surface area contributed by atoms with Gasteiger partial charge in [-0.25, -0.2) is 4.98 Å². The molecule has 3 rings (SSSR count). The van der Waals surface area contributed by atoms with Gasteiger partial charge < -0.3 is 14.9 Å². The van der Waals surface area contributed by atoms with Crippen LogP contribution >= 0.6 is 0 Å². The zero-order chi connectivity index (χ0) is 19.4. The first kappa shape index (κ1) is 19.1. The van der Waals surface area contributed by atoms with Gasteiger partial charge in [0.25, 0.3) is 5.56 Å². The van der Waals surface area contributed by atoms with Crippen LogP contribution in [0.15, 0.2) is 53.3 Å². The summed E-state index contributed by atoms with van der Waals surface area (Å²) >= 11 is 0. The average Bonchev–Trinajstić information content (AvgIpc) is 2.72. The Morgan fingerprint density at radius 1 is 1.07 bits per heavy atom. The SMILES string of the molecule is CCc1nc2cccc(OCC(C)(CO)CO)c2c(=O)n1-c1ccccc1. The van der Waals surface area contributed by atoms with Gasteiger partial charge in [-0.15, -0.1) is 0 Å². The Balaban J connectivity index is 2.16. The summed E-state index contributed by atoms with van der Waals surface area (Å²) in [5, 5.41) is 19.3. The van der Waals surface area contributed by atoms with Crippen LogP contribution in [-0.2, 0) is 6.42 Å². The third-order valence-corrected chi connectivity index (χ3v) is 4.60. The Hall–Kier alpha value is -2.70. The number of fused-ring (bicyclic) bond motifs is 1. The van der Waals surface area contributed by atoms with Crippen LogP contribution in [-0.4, -0.2) is 39.6 Å². The van der Waals surface area contributed by atoms with Crippen molar-refractivity contribution >= 4 is 10.9 Å². The molecule has 1 aromatic heterocycles. The molecule has 1 heterocycles. The second-order valence-corrected chi connectivity index (χ2v) is 6.92. The zero-order valence-electron chi connectivity index (χ0n) is 15.6. The molecule has 0 radical (unpaired) electrons. The minimum absolute atomic E-state index is 0.0828. The highest BCUT2D eigenvalue weighted by atomic mass is 16.5. The number of rotatable bonds is 7. The standard InChI is InChI=1S/C21H24N2O4/c1-3-18-22-16-10-7-11-17(27-14-21(2,12-24)13-25)19(16)20(26)23(18)15-8-5-4-6-9-15/h4-11,24-25H,3,12-14H2,1-2H3. The van der Waals surface area contributed by atoms with Gasteiger partial charge in [-0.05, 0) is 24.3 Å². The van der Waals surface area contributed by atoms with E-state index < -0.39 is 5.41 Å². The van der Waals surface area contributed by atoms with E-state index in [1.54, 1.807) is 29.7 Å². The Morgan fingerprint density at radius 2 is 1.78 bits per heavy atom. The maximum Gasteiger partial charge on any atom is 0.269 e. The van der Waals surface area contributed by atoms with Crippen molar-refractivity contribution in [1.29, 1.82) is 0 Å². The Morgan fingerprint density at radius 3 is 2.41 bits per heavy atom. The van der Waals surface area contributed by atoms with Crippen molar-refractivity contribution < 1.29 is 14.9 Å². The number of aliphatic hydroxyl groups excluding tert-OH is 2. The van der Waals surface area contributed by atoms with E-state index in [9.17, 15) is 15.0 Å². The number of nitrogens with zero attached hydrogens (tertiary/aromatic N) is 2. The van der Waals surface area contributed by atoms with E-state index in [0.717, 1.165) is 5.69 Å². The van der Waals surface area contributed by atoms with Gasteiger partial charge in [-0.2, -0.15) is 0 Å². The molecule has 0 unspecified atom stereocenters. The largest absolute Gasteiger partial charge is 0.492 e. The lowest BCUT2D eigenvalue weighted by Crippen LogP contribution is -2.33. The summed E-state index contributed by atoms with van der Waals surface area (Å²) in [7, 11) is 0. The highest BCUT2D eigenvalue weighted by Gasteiger charge is 2.24. The second kappa shape index (κ2) is 7.90. The summed E-state index contributed by atoms with van der Waals surface area (Å²) in [6, 6.07) is 14.7. The number of aromatic nitrogens is 2. The highest BCUT2D eigenvalue weighted by molar-refractivity contribution is 5.84. The van der Waals surface area contributed by atoms with Crippen molar-refractivity contribution in [2.75, 3.05) is 19.8 Å². The van der Waals surface area contributed by atoms with Crippen LogP contribution in [0.3, 0.4) is 0 Å². The van der Waals surface area contributed by atoms with E-state index in [-0.39, 0.29) is 25.4 Å². The fourth-order valence-corrected chi connectivity index (χ4v) is 2.84.